The second-order valence-corrected chi connectivity index (χ2v) is 6.51. The number of carbonyl (C=O) groups excluding carboxylic acids is 1. The summed E-state index contributed by atoms with van der Waals surface area (Å²) < 4.78 is 0. The normalized spacial score (nSPS) is 12.1. The van der Waals surface area contributed by atoms with E-state index in [-0.39, 0.29) is 22.6 Å². The first kappa shape index (κ1) is 15.4. The predicted molar refractivity (Wildman–Crippen MR) is 75.5 cm³/mol. The number of anilines is 1. The first-order valence-corrected chi connectivity index (χ1v) is 6.24. The first-order chi connectivity index (χ1) is 8.63. The van der Waals surface area contributed by atoms with Crippen molar-refractivity contribution in [3.05, 3.63) is 18.1 Å². The predicted octanol–water partition coefficient (Wildman–Crippen LogP) is 1.71. The van der Waals surface area contributed by atoms with Gasteiger partial charge in [0, 0.05) is 5.54 Å². The van der Waals surface area contributed by atoms with Gasteiger partial charge in [0.25, 0.3) is 5.91 Å². The van der Waals surface area contributed by atoms with Gasteiger partial charge in [-0.2, -0.15) is 0 Å². The van der Waals surface area contributed by atoms with E-state index in [0.717, 1.165) is 6.42 Å². The fourth-order valence-electron chi connectivity index (χ4n) is 2.29. The van der Waals surface area contributed by atoms with Crippen LogP contribution in [0.1, 0.15) is 51.5 Å². The molecule has 1 aromatic heterocycles. The number of nitrogens with zero attached hydrogens (tertiary/aromatic N) is 2. The van der Waals surface area contributed by atoms with Crippen molar-refractivity contribution in [1.29, 1.82) is 0 Å². The number of aromatic nitrogens is 2. The number of nitrogens with one attached hydrogen (secondary N) is 2. The Morgan fingerprint density at radius 1 is 1.26 bits per heavy atom. The Morgan fingerprint density at radius 3 is 2.42 bits per heavy atom. The van der Waals surface area contributed by atoms with Crippen molar-refractivity contribution < 1.29 is 4.79 Å². The maximum Gasteiger partial charge on any atom is 0.271 e. The number of amides is 1. The van der Waals surface area contributed by atoms with Crippen LogP contribution in [-0.2, 0) is 0 Å². The number of nitrogen functional groups attached to an aromatic ring is 1. The quantitative estimate of drug-likeness (QED) is 0.569. The van der Waals surface area contributed by atoms with E-state index in [1.165, 1.54) is 12.4 Å². The van der Waals surface area contributed by atoms with Gasteiger partial charge in [-0.25, -0.2) is 10.8 Å². The zero-order chi connectivity index (χ0) is 14.7. The van der Waals surface area contributed by atoms with E-state index in [4.69, 9.17) is 5.84 Å². The molecule has 106 valence electrons. The van der Waals surface area contributed by atoms with Gasteiger partial charge in [0.1, 0.15) is 5.69 Å². The molecule has 0 aliphatic carbocycles. The molecule has 1 rings (SSSR count). The van der Waals surface area contributed by atoms with E-state index in [2.05, 4.69) is 41.5 Å². The Kier molecular flexibility index (Phi) is 4.47. The molecule has 19 heavy (non-hydrogen) atoms. The Bertz CT molecular complexity index is 451. The average Bonchev–Trinajstić information content (AvgIpc) is 2.25. The molecule has 6 heteroatoms. The second-order valence-electron chi connectivity index (χ2n) is 6.51. The van der Waals surface area contributed by atoms with Crippen molar-refractivity contribution in [3.63, 3.8) is 0 Å². The molecular formula is C13H23N5O. The van der Waals surface area contributed by atoms with Crippen molar-refractivity contribution in [2.24, 2.45) is 11.3 Å². The van der Waals surface area contributed by atoms with Crippen LogP contribution in [0.4, 0.5) is 5.82 Å². The SMILES string of the molecule is CC(C)(C)CC(C)(C)NC(=O)c1cncc(NN)n1. The minimum atomic E-state index is -0.316. The van der Waals surface area contributed by atoms with Gasteiger partial charge in [-0.05, 0) is 25.7 Å². The van der Waals surface area contributed by atoms with Gasteiger partial charge in [0.15, 0.2) is 5.82 Å². The lowest BCUT2D eigenvalue weighted by atomic mass is 9.82. The monoisotopic (exact) mass is 265 g/mol. The van der Waals surface area contributed by atoms with Crippen LogP contribution in [0.2, 0.25) is 0 Å². The van der Waals surface area contributed by atoms with Crippen LogP contribution in [0.25, 0.3) is 0 Å². The highest BCUT2D eigenvalue weighted by molar-refractivity contribution is 5.92. The largest absolute Gasteiger partial charge is 0.346 e. The van der Waals surface area contributed by atoms with E-state index in [0.29, 0.717) is 5.82 Å². The van der Waals surface area contributed by atoms with Crippen LogP contribution in [0.3, 0.4) is 0 Å². The van der Waals surface area contributed by atoms with Gasteiger partial charge in [-0.1, -0.05) is 20.8 Å². The molecule has 0 aromatic carbocycles. The van der Waals surface area contributed by atoms with Gasteiger partial charge in [0.05, 0.1) is 12.4 Å². The molecule has 4 N–H and O–H groups in total. The van der Waals surface area contributed by atoms with Crippen molar-refractivity contribution in [3.8, 4) is 0 Å². The van der Waals surface area contributed by atoms with Gasteiger partial charge >= 0.3 is 0 Å². The van der Waals surface area contributed by atoms with Crippen molar-refractivity contribution >= 4 is 11.7 Å². The second kappa shape index (κ2) is 5.52. The molecular weight excluding hydrogens is 242 g/mol. The summed E-state index contributed by atoms with van der Waals surface area (Å²) in [4.78, 5) is 20.1. The van der Waals surface area contributed by atoms with Crippen LogP contribution in [0.15, 0.2) is 12.4 Å². The highest BCUT2D eigenvalue weighted by atomic mass is 16.2. The molecule has 0 spiro atoms. The third kappa shape index (κ3) is 5.21. The molecule has 0 aliphatic rings. The molecule has 0 aliphatic heterocycles. The zero-order valence-corrected chi connectivity index (χ0v) is 12.2. The van der Waals surface area contributed by atoms with Gasteiger partial charge in [0.2, 0.25) is 0 Å². The van der Waals surface area contributed by atoms with Crippen LogP contribution in [0.5, 0.6) is 0 Å². The molecule has 0 saturated carbocycles. The van der Waals surface area contributed by atoms with Crippen LogP contribution < -0.4 is 16.6 Å². The fourth-order valence-corrected chi connectivity index (χ4v) is 2.29. The molecule has 0 unspecified atom stereocenters. The first-order valence-electron chi connectivity index (χ1n) is 6.24. The number of nitrogens with two attached hydrogens (primary N) is 1. The van der Waals surface area contributed by atoms with Crippen LogP contribution in [-0.4, -0.2) is 21.4 Å². The molecule has 1 aromatic rings. The molecule has 6 nitrogen and oxygen atoms in total. The van der Waals surface area contributed by atoms with E-state index in [1.54, 1.807) is 0 Å². The van der Waals surface area contributed by atoms with Gasteiger partial charge in [-0.15, -0.1) is 0 Å². The minimum Gasteiger partial charge on any atom is -0.346 e. The molecule has 0 fully saturated rings. The lowest BCUT2D eigenvalue weighted by Gasteiger charge is -2.33. The Morgan fingerprint density at radius 2 is 1.89 bits per heavy atom. The van der Waals surface area contributed by atoms with E-state index in [1.807, 2.05) is 13.8 Å². The molecule has 0 radical (unpaired) electrons. The Labute approximate surface area is 114 Å². The summed E-state index contributed by atoms with van der Waals surface area (Å²) in [5, 5.41) is 2.97. The van der Waals surface area contributed by atoms with Crippen LogP contribution >= 0.6 is 0 Å². The van der Waals surface area contributed by atoms with Crippen molar-refractivity contribution in [1.82, 2.24) is 15.3 Å². The third-order valence-electron chi connectivity index (χ3n) is 2.44. The lowest BCUT2D eigenvalue weighted by Crippen LogP contribution is -2.46. The highest BCUT2D eigenvalue weighted by Gasteiger charge is 2.27. The average molecular weight is 265 g/mol. The molecule has 0 atom stereocenters. The van der Waals surface area contributed by atoms with E-state index >= 15 is 0 Å². The zero-order valence-electron chi connectivity index (χ0n) is 12.2. The van der Waals surface area contributed by atoms with Crippen LogP contribution in [0, 0.1) is 5.41 Å². The summed E-state index contributed by atoms with van der Waals surface area (Å²) in [5.74, 6) is 5.36. The molecule has 0 bridgehead atoms. The molecule has 1 amide bonds. The lowest BCUT2D eigenvalue weighted by molar-refractivity contribution is 0.0886. The number of carbonyl (C=O) groups is 1. The third-order valence-corrected chi connectivity index (χ3v) is 2.44. The summed E-state index contributed by atoms with van der Waals surface area (Å²) in [6.45, 7) is 10.4. The maximum atomic E-state index is 12.1. The minimum absolute atomic E-state index is 0.128. The van der Waals surface area contributed by atoms with E-state index in [9.17, 15) is 4.79 Å². The van der Waals surface area contributed by atoms with Gasteiger partial charge < -0.3 is 10.7 Å². The van der Waals surface area contributed by atoms with Crippen molar-refractivity contribution in [2.75, 3.05) is 5.43 Å². The summed E-state index contributed by atoms with van der Waals surface area (Å²) in [6, 6.07) is 0. The number of hydrogen-bond donors (Lipinski definition) is 3. The summed E-state index contributed by atoms with van der Waals surface area (Å²) in [6.07, 6.45) is 3.73. The summed E-state index contributed by atoms with van der Waals surface area (Å²) in [5.41, 5.74) is 2.43. The fraction of sp³-hybridized carbons (Fsp3) is 0.615. The van der Waals surface area contributed by atoms with Gasteiger partial charge in [-0.3, -0.25) is 9.78 Å². The van der Waals surface area contributed by atoms with E-state index < -0.39 is 0 Å². The highest BCUT2D eigenvalue weighted by Crippen LogP contribution is 2.26. The number of hydrazine groups is 1. The number of hydrogen-bond acceptors (Lipinski definition) is 5. The number of rotatable bonds is 4. The maximum absolute atomic E-state index is 12.1. The standard InChI is InChI=1S/C13H23N5O/c1-12(2,3)8-13(4,5)17-11(19)9-6-15-7-10(16-9)18-14/h6-7H,8,14H2,1-5H3,(H,16,18)(H,17,19). The molecule has 1 heterocycles. The summed E-state index contributed by atoms with van der Waals surface area (Å²) >= 11 is 0. The Balaban J connectivity index is 2.78. The molecule has 0 saturated heterocycles. The van der Waals surface area contributed by atoms with Crippen molar-refractivity contribution in [2.45, 2.75) is 46.6 Å². The topological polar surface area (TPSA) is 92.9 Å². The summed E-state index contributed by atoms with van der Waals surface area (Å²) in [7, 11) is 0. The smallest absolute Gasteiger partial charge is 0.271 e. The Hall–Kier alpha value is -1.69.